The second kappa shape index (κ2) is 4.60. The van der Waals surface area contributed by atoms with Gasteiger partial charge in [0.15, 0.2) is 0 Å². The Kier molecular flexibility index (Phi) is 3.72. The van der Waals surface area contributed by atoms with E-state index in [0.717, 1.165) is 12.1 Å². The third-order valence-electron chi connectivity index (χ3n) is 1.68. The van der Waals surface area contributed by atoms with Crippen LogP contribution in [-0.2, 0) is 13.5 Å². The number of nitrogens with zero attached hydrogens (tertiary/aromatic N) is 3. The largest absolute Gasteiger partial charge is 0.255 e. The lowest BCUT2D eigenvalue weighted by molar-refractivity contribution is 0.704. The first kappa shape index (κ1) is 9.71. The molecule has 0 saturated heterocycles. The van der Waals surface area contributed by atoms with Gasteiger partial charge in [0.25, 0.3) is 0 Å². The number of alkyl halides is 1. The smallest absolute Gasteiger partial charge is 0.0827 e. The highest BCUT2D eigenvalue weighted by atomic mass is 79.9. The predicted octanol–water partition coefficient (Wildman–Crippen LogP) is 1.92. The maximum Gasteiger partial charge on any atom is 0.0827 e. The molecule has 0 fully saturated rings. The molecule has 4 heteroatoms. The molecule has 1 aromatic heterocycles. The van der Waals surface area contributed by atoms with Crippen LogP contribution in [0.15, 0.2) is 6.20 Å². The van der Waals surface area contributed by atoms with Crippen molar-refractivity contribution in [3.05, 3.63) is 11.9 Å². The van der Waals surface area contributed by atoms with E-state index in [1.54, 1.807) is 4.68 Å². The quantitative estimate of drug-likeness (QED) is 0.742. The Balaban J connectivity index is 2.24. The second-order valence-electron chi connectivity index (χ2n) is 3.06. The summed E-state index contributed by atoms with van der Waals surface area (Å²) in [5.41, 5.74) is 1.09. The lowest BCUT2D eigenvalue weighted by Gasteiger charge is -1.99. The molecule has 0 aliphatic carbocycles. The van der Waals surface area contributed by atoms with E-state index in [2.05, 4.69) is 33.2 Å². The minimum absolute atomic E-state index is 0.606. The van der Waals surface area contributed by atoms with Crippen LogP contribution in [0.1, 0.15) is 25.5 Å². The van der Waals surface area contributed by atoms with Crippen LogP contribution in [0, 0.1) is 0 Å². The van der Waals surface area contributed by atoms with Crippen LogP contribution < -0.4 is 0 Å². The van der Waals surface area contributed by atoms with Gasteiger partial charge in [-0.25, -0.2) is 0 Å². The summed E-state index contributed by atoms with van der Waals surface area (Å²) in [7, 11) is 1.89. The van der Waals surface area contributed by atoms with Crippen LogP contribution in [0.25, 0.3) is 0 Å². The summed E-state index contributed by atoms with van der Waals surface area (Å²) in [6, 6.07) is 0. The van der Waals surface area contributed by atoms with Gasteiger partial charge in [-0.05, 0) is 19.3 Å². The molecule has 1 atom stereocenters. The Bertz CT molecular complexity index is 232. The molecule has 0 aliphatic heterocycles. The molecule has 1 unspecified atom stereocenters. The van der Waals surface area contributed by atoms with Gasteiger partial charge in [0.1, 0.15) is 0 Å². The minimum atomic E-state index is 0.606. The van der Waals surface area contributed by atoms with E-state index in [-0.39, 0.29) is 0 Å². The molecule has 1 rings (SSSR count). The van der Waals surface area contributed by atoms with Gasteiger partial charge >= 0.3 is 0 Å². The van der Waals surface area contributed by atoms with Crippen molar-refractivity contribution in [1.29, 1.82) is 0 Å². The lowest BCUT2D eigenvalue weighted by Crippen LogP contribution is -1.92. The summed E-state index contributed by atoms with van der Waals surface area (Å²) < 4.78 is 1.74. The summed E-state index contributed by atoms with van der Waals surface area (Å²) >= 11 is 3.51. The molecular formula is C8H14BrN3. The van der Waals surface area contributed by atoms with Crippen LogP contribution in [0.5, 0.6) is 0 Å². The van der Waals surface area contributed by atoms with Gasteiger partial charge in [-0.1, -0.05) is 28.1 Å². The first-order valence-electron chi connectivity index (χ1n) is 4.18. The van der Waals surface area contributed by atoms with Crippen molar-refractivity contribution in [2.45, 2.75) is 31.0 Å². The second-order valence-corrected chi connectivity index (χ2v) is 4.62. The van der Waals surface area contributed by atoms with Gasteiger partial charge < -0.3 is 0 Å². The van der Waals surface area contributed by atoms with Crippen molar-refractivity contribution >= 4 is 15.9 Å². The van der Waals surface area contributed by atoms with Crippen LogP contribution in [-0.4, -0.2) is 19.8 Å². The van der Waals surface area contributed by atoms with Crippen LogP contribution in [0.4, 0.5) is 0 Å². The molecule has 68 valence electrons. The molecule has 12 heavy (non-hydrogen) atoms. The molecule has 0 N–H and O–H groups in total. The first-order valence-corrected chi connectivity index (χ1v) is 5.09. The number of rotatable bonds is 4. The molecule has 1 aromatic rings. The van der Waals surface area contributed by atoms with Crippen molar-refractivity contribution in [3.63, 3.8) is 0 Å². The van der Waals surface area contributed by atoms with Gasteiger partial charge in [0, 0.05) is 18.1 Å². The maximum absolute atomic E-state index is 4.01. The van der Waals surface area contributed by atoms with Crippen molar-refractivity contribution in [2.75, 3.05) is 0 Å². The number of hydrogen-bond donors (Lipinski definition) is 0. The highest BCUT2D eigenvalue weighted by Crippen LogP contribution is 2.08. The fraction of sp³-hybridized carbons (Fsp3) is 0.750. The van der Waals surface area contributed by atoms with E-state index in [9.17, 15) is 0 Å². The van der Waals surface area contributed by atoms with Crippen LogP contribution in [0.2, 0.25) is 0 Å². The molecule has 0 saturated carbocycles. The topological polar surface area (TPSA) is 30.7 Å². The fourth-order valence-electron chi connectivity index (χ4n) is 1.07. The number of aromatic nitrogens is 3. The minimum Gasteiger partial charge on any atom is -0.255 e. The Morgan fingerprint density at radius 2 is 2.42 bits per heavy atom. The molecule has 0 amide bonds. The van der Waals surface area contributed by atoms with Gasteiger partial charge in [-0.15, -0.1) is 5.10 Å². The number of hydrogen-bond acceptors (Lipinski definition) is 2. The van der Waals surface area contributed by atoms with Crippen molar-refractivity contribution < 1.29 is 0 Å². The van der Waals surface area contributed by atoms with E-state index < -0.39 is 0 Å². The van der Waals surface area contributed by atoms with E-state index in [1.807, 2.05) is 13.2 Å². The van der Waals surface area contributed by atoms with Crippen LogP contribution in [0.3, 0.4) is 0 Å². The monoisotopic (exact) mass is 231 g/mol. The summed E-state index contributed by atoms with van der Waals surface area (Å²) in [6.45, 7) is 2.16. The fourth-order valence-corrected chi connectivity index (χ4v) is 1.40. The third kappa shape index (κ3) is 3.34. The normalized spacial score (nSPS) is 13.2. The lowest BCUT2D eigenvalue weighted by atomic mass is 10.2. The molecule has 3 nitrogen and oxygen atoms in total. The van der Waals surface area contributed by atoms with Crippen molar-refractivity contribution in [3.8, 4) is 0 Å². The predicted molar refractivity (Wildman–Crippen MR) is 52.3 cm³/mol. The van der Waals surface area contributed by atoms with E-state index in [1.165, 1.54) is 12.8 Å². The van der Waals surface area contributed by atoms with E-state index >= 15 is 0 Å². The van der Waals surface area contributed by atoms with Gasteiger partial charge in [-0.2, -0.15) is 0 Å². The maximum atomic E-state index is 4.01. The number of aryl methyl sites for hydroxylation is 2. The Hall–Kier alpha value is -0.380. The highest BCUT2D eigenvalue weighted by molar-refractivity contribution is 9.09. The molecule has 0 aromatic carbocycles. The molecule has 0 aliphatic rings. The molecule has 0 spiro atoms. The standard InChI is InChI=1S/C8H14BrN3/c1-7(9)4-3-5-8-6-12(2)11-10-8/h6-7H,3-5H2,1-2H3. The summed E-state index contributed by atoms with van der Waals surface area (Å²) in [5.74, 6) is 0. The Morgan fingerprint density at radius 1 is 1.67 bits per heavy atom. The van der Waals surface area contributed by atoms with E-state index in [0.29, 0.717) is 4.83 Å². The zero-order valence-electron chi connectivity index (χ0n) is 7.50. The molecule has 1 heterocycles. The Morgan fingerprint density at radius 3 is 2.92 bits per heavy atom. The van der Waals surface area contributed by atoms with Crippen molar-refractivity contribution in [2.24, 2.45) is 7.05 Å². The summed E-state index contributed by atoms with van der Waals surface area (Å²) in [4.78, 5) is 0.606. The molecular weight excluding hydrogens is 218 g/mol. The zero-order valence-corrected chi connectivity index (χ0v) is 9.08. The SMILES string of the molecule is CC(Br)CCCc1cn(C)nn1. The van der Waals surface area contributed by atoms with Gasteiger partial charge in [0.05, 0.1) is 5.69 Å². The molecule has 0 radical (unpaired) electrons. The summed E-state index contributed by atoms with van der Waals surface area (Å²) in [5, 5.41) is 7.88. The van der Waals surface area contributed by atoms with Gasteiger partial charge in [-0.3, -0.25) is 4.68 Å². The first-order chi connectivity index (χ1) is 5.68. The van der Waals surface area contributed by atoms with Crippen LogP contribution >= 0.6 is 15.9 Å². The van der Waals surface area contributed by atoms with E-state index in [4.69, 9.17) is 0 Å². The zero-order chi connectivity index (χ0) is 8.97. The average molecular weight is 232 g/mol. The highest BCUT2D eigenvalue weighted by Gasteiger charge is 1.99. The number of halogens is 1. The van der Waals surface area contributed by atoms with Crippen molar-refractivity contribution in [1.82, 2.24) is 15.0 Å². The summed E-state index contributed by atoms with van der Waals surface area (Å²) in [6.07, 6.45) is 5.37. The Labute approximate surface area is 81.3 Å². The third-order valence-corrected chi connectivity index (χ3v) is 2.14. The van der Waals surface area contributed by atoms with Gasteiger partial charge in [0.2, 0.25) is 0 Å². The molecule has 0 bridgehead atoms. The average Bonchev–Trinajstić information content (AvgIpc) is 2.35.